The van der Waals surface area contributed by atoms with Crippen molar-refractivity contribution >= 4 is 0 Å². The molecule has 0 unspecified atom stereocenters. The number of ether oxygens (including phenoxy) is 2. The fourth-order valence-electron chi connectivity index (χ4n) is 4.42. The Kier molecular flexibility index (Phi) is 9.60. The Morgan fingerprint density at radius 3 is 2.56 bits per heavy atom. The lowest BCUT2D eigenvalue weighted by Gasteiger charge is -2.36. The first-order valence-electron chi connectivity index (χ1n) is 11.7. The number of hydrogen-bond donors (Lipinski definition) is 2. The van der Waals surface area contributed by atoms with Crippen LogP contribution in [-0.4, -0.2) is 35.1 Å². The predicted octanol–water partition coefficient (Wildman–Crippen LogP) is 6.58. The van der Waals surface area contributed by atoms with Gasteiger partial charge in [-0.2, -0.15) is 0 Å². The Morgan fingerprint density at radius 1 is 1.19 bits per heavy atom. The van der Waals surface area contributed by atoms with E-state index < -0.39 is 6.10 Å². The molecule has 1 aliphatic rings. The van der Waals surface area contributed by atoms with E-state index in [2.05, 4.69) is 26.0 Å². The summed E-state index contributed by atoms with van der Waals surface area (Å²) in [6, 6.07) is 3.60. The van der Waals surface area contributed by atoms with Gasteiger partial charge in [-0.15, -0.1) is 0 Å². The minimum absolute atomic E-state index is 0.172. The quantitative estimate of drug-likeness (QED) is 0.402. The van der Waals surface area contributed by atoms with Crippen LogP contribution in [0.4, 0.5) is 0 Å². The molecule has 0 spiro atoms. The van der Waals surface area contributed by atoms with Gasteiger partial charge < -0.3 is 19.7 Å². The SMILES string of the molecule is CO[C@@H](/C(C)=C/CC/C(C)=C/CC[C@]1(C)CCc2cc(O)cc(C)c2O1)[C@H](O)C=C(C)C. The molecule has 0 saturated carbocycles. The van der Waals surface area contributed by atoms with Gasteiger partial charge >= 0.3 is 0 Å². The average Bonchev–Trinajstić information content (AvgIpc) is 2.68. The molecular formula is C28H42O4. The van der Waals surface area contributed by atoms with Gasteiger partial charge in [0.25, 0.3) is 0 Å². The van der Waals surface area contributed by atoms with Crippen LogP contribution in [0.2, 0.25) is 0 Å². The largest absolute Gasteiger partial charge is 0.508 e. The van der Waals surface area contributed by atoms with E-state index in [0.29, 0.717) is 5.75 Å². The first-order valence-corrected chi connectivity index (χ1v) is 11.7. The van der Waals surface area contributed by atoms with E-state index in [0.717, 1.165) is 66.5 Å². The topological polar surface area (TPSA) is 58.9 Å². The van der Waals surface area contributed by atoms with Crippen LogP contribution >= 0.6 is 0 Å². The highest BCUT2D eigenvalue weighted by molar-refractivity contribution is 5.47. The molecule has 0 aromatic heterocycles. The highest BCUT2D eigenvalue weighted by atomic mass is 16.5. The molecule has 4 nitrogen and oxygen atoms in total. The Morgan fingerprint density at radius 2 is 1.91 bits per heavy atom. The molecule has 2 rings (SSSR count). The molecule has 2 N–H and O–H groups in total. The first-order chi connectivity index (χ1) is 15.0. The van der Waals surface area contributed by atoms with Crippen molar-refractivity contribution in [2.24, 2.45) is 0 Å². The molecule has 3 atom stereocenters. The Labute approximate surface area is 194 Å². The summed E-state index contributed by atoms with van der Waals surface area (Å²) >= 11 is 0. The van der Waals surface area contributed by atoms with E-state index in [1.807, 2.05) is 39.8 Å². The van der Waals surface area contributed by atoms with Gasteiger partial charge in [-0.3, -0.25) is 0 Å². The molecule has 32 heavy (non-hydrogen) atoms. The van der Waals surface area contributed by atoms with Crippen LogP contribution in [0.3, 0.4) is 0 Å². The number of hydrogen-bond acceptors (Lipinski definition) is 4. The third-order valence-corrected chi connectivity index (χ3v) is 6.30. The average molecular weight is 443 g/mol. The number of phenolic OH excluding ortho intramolecular Hbond substituents is 1. The summed E-state index contributed by atoms with van der Waals surface area (Å²) < 4.78 is 11.9. The fourth-order valence-corrected chi connectivity index (χ4v) is 4.42. The van der Waals surface area contributed by atoms with Gasteiger partial charge in [-0.1, -0.05) is 29.4 Å². The summed E-state index contributed by atoms with van der Waals surface area (Å²) in [4.78, 5) is 0. The van der Waals surface area contributed by atoms with Crippen molar-refractivity contribution in [2.45, 2.75) is 97.9 Å². The normalized spacial score (nSPS) is 20.9. The molecule has 4 heteroatoms. The number of rotatable bonds is 10. The highest BCUT2D eigenvalue weighted by Gasteiger charge is 2.32. The summed E-state index contributed by atoms with van der Waals surface area (Å²) in [6.45, 7) is 12.4. The van der Waals surface area contributed by atoms with Gasteiger partial charge in [0, 0.05) is 7.11 Å². The molecule has 0 radical (unpaired) electrons. The zero-order valence-electron chi connectivity index (χ0n) is 21.0. The number of benzene rings is 1. The lowest BCUT2D eigenvalue weighted by atomic mass is 9.87. The van der Waals surface area contributed by atoms with Crippen molar-refractivity contribution in [2.75, 3.05) is 7.11 Å². The van der Waals surface area contributed by atoms with Gasteiger partial charge in [-0.05, 0) is 109 Å². The van der Waals surface area contributed by atoms with Gasteiger partial charge in [0.2, 0.25) is 0 Å². The predicted molar refractivity (Wildman–Crippen MR) is 132 cm³/mol. The van der Waals surface area contributed by atoms with Crippen molar-refractivity contribution in [1.82, 2.24) is 0 Å². The van der Waals surface area contributed by atoms with E-state index >= 15 is 0 Å². The molecule has 0 aliphatic carbocycles. The minimum atomic E-state index is -0.619. The van der Waals surface area contributed by atoms with Crippen LogP contribution in [0.5, 0.6) is 11.5 Å². The van der Waals surface area contributed by atoms with Crippen LogP contribution in [-0.2, 0) is 11.2 Å². The second kappa shape index (κ2) is 11.7. The van der Waals surface area contributed by atoms with Crippen LogP contribution in [0.25, 0.3) is 0 Å². The first kappa shape index (κ1) is 26.2. The highest BCUT2D eigenvalue weighted by Crippen LogP contribution is 2.39. The minimum Gasteiger partial charge on any atom is -0.508 e. The van der Waals surface area contributed by atoms with Crippen LogP contribution in [0.15, 0.2) is 47.1 Å². The molecule has 1 aromatic rings. The van der Waals surface area contributed by atoms with Crippen LogP contribution < -0.4 is 4.74 Å². The van der Waals surface area contributed by atoms with E-state index in [1.54, 1.807) is 13.2 Å². The molecule has 0 fully saturated rings. The van der Waals surface area contributed by atoms with Crippen molar-refractivity contribution in [1.29, 1.82) is 0 Å². The van der Waals surface area contributed by atoms with E-state index in [-0.39, 0.29) is 11.7 Å². The van der Waals surface area contributed by atoms with Gasteiger partial charge in [0.05, 0.1) is 0 Å². The van der Waals surface area contributed by atoms with Gasteiger partial charge in [0.1, 0.15) is 29.3 Å². The number of allylic oxidation sites excluding steroid dienone is 4. The smallest absolute Gasteiger partial charge is 0.126 e. The maximum atomic E-state index is 10.3. The van der Waals surface area contributed by atoms with Gasteiger partial charge in [0.15, 0.2) is 0 Å². The number of aromatic hydroxyl groups is 1. The summed E-state index contributed by atoms with van der Waals surface area (Å²) in [7, 11) is 1.64. The summed E-state index contributed by atoms with van der Waals surface area (Å²) in [5, 5.41) is 20.2. The molecule has 0 bridgehead atoms. The number of phenols is 1. The Bertz CT molecular complexity index is 860. The van der Waals surface area contributed by atoms with E-state index in [9.17, 15) is 10.2 Å². The van der Waals surface area contributed by atoms with E-state index in [4.69, 9.17) is 9.47 Å². The summed E-state index contributed by atoms with van der Waals surface area (Å²) in [5.74, 6) is 1.26. The fraction of sp³-hybridized carbons (Fsp3) is 0.571. The van der Waals surface area contributed by atoms with Crippen molar-refractivity contribution in [3.05, 3.63) is 58.2 Å². The molecule has 1 aliphatic heterocycles. The molecule has 0 amide bonds. The van der Waals surface area contributed by atoms with Gasteiger partial charge in [-0.25, -0.2) is 0 Å². The number of methoxy groups -OCH3 is 1. The number of aliphatic hydroxyl groups is 1. The van der Waals surface area contributed by atoms with Crippen molar-refractivity contribution in [3.8, 4) is 11.5 Å². The van der Waals surface area contributed by atoms with Crippen LogP contribution in [0, 0.1) is 6.92 Å². The second-order valence-corrected chi connectivity index (χ2v) is 9.77. The van der Waals surface area contributed by atoms with E-state index in [1.165, 1.54) is 5.57 Å². The monoisotopic (exact) mass is 442 g/mol. The van der Waals surface area contributed by atoms with Crippen molar-refractivity contribution < 1.29 is 19.7 Å². The molecule has 0 saturated heterocycles. The summed E-state index contributed by atoms with van der Waals surface area (Å²) in [5.41, 5.74) is 5.46. The number of fused-ring (bicyclic) bond motifs is 1. The molecule has 178 valence electrons. The standard InChI is InChI=1S/C28H42O4/c1-19(2)16-25(30)27(31-7)21(4)12-8-10-20(3)11-9-14-28(6)15-13-23-18-24(29)17-22(5)26(23)32-28/h11-12,16-18,25,27,29-30H,8-10,13-15H2,1-7H3/b20-11+,21-12+/t25-,27+,28-/m1/s1. The van der Waals surface area contributed by atoms with Crippen molar-refractivity contribution in [3.63, 3.8) is 0 Å². The number of aliphatic hydroxyl groups excluding tert-OH is 1. The second-order valence-electron chi connectivity index (χ2n) is 9.77. The zero-order valence-corrected chi connectivity index (χ0v) is 21.0. The Balaban J connectivity index is 1.86. The lowest BCUT2D eigenvalue weighted by molar-refractivity contribution is 0.0351. The maximum absolute atomic E-state index is 10.3. The Hall–Kier alpha value is -2.04. The lowest BCUT2D eigenvalue weighted by Crippen LogP contribution is -2.36. The summed E-state index contributed by atoms with van der Waals surface area (Å²) in [6.07, 6.45) is 11.2. The third kappa shape index (κ3) is 7.53. The molecule has 1 aromatic carbocycles. The molecule has 1 heterocycles. The number of aryl methyl sites for hydroxylation is 2. The molecular weight excluding hydrogens is 400 g/mol. The maximum Gasteiger partial charge on any atom is 0.126 e. The zero-order chi connectivity index (χ0) is 23.9. The third-order valence-electron chi connectivity index (χ3n) is 6.30. The van der Waals surface area contributed by atoms with Crippen LogP contribution in [0.1, 0.15) is 77.8 Å².